The normalized spacial score (nSPS) is 14.7. The van der Waals surface area contributed by atoms with E-state index in [-0.39, 0.29) is 19.3 Å². The third kappa shape index (κ3) is 74.9. The molecule has 0 aliphatic carbocycles. The van der Waals surface area contributed by atoms with Gasteiger partial charge < -0.3 is 34.2 Å². The quantitative estimate of drug-likeness (QED) is 0.0146. The molecular weight excluding hydrogens is 1290 g/mol. The fraction of sp³-hybridized carbons (Fsp3) is 0.716. The first-order chi connectivity index (χ1) is 48.2. The molecule has 5 atom stereocenters. The molecule has 0 aromatic rings. The number of aliphatic hydroxyl groups is 2. The molecule has 0 spiro atoms. The van der Waals surface area contributed by atoms with Crippen LogP contribution >= 0.6 is 15.6 Å². The minimum absolute atomic E-state index is 0.102. The van der Waals surface area contributed by atoms with E-state index in [2.05, 4.69) is 142 Å². The number of esters is 3. The van der Waals surface area contributed by atoms with Gasteiger partial charge in [0, 0.05) is 19.3 Å². The second-order valence-electron chi connectivity index (χ2n) is 25.8. The molecule has 570 valence electrons. The molecule has 0 amide bonds. The lowest BCUT2D eigenvalue weighted by atomic mass is 10.0. The molecule has 0 aromatic heterocycles. The molecule has 4 N–H and O–H groups in total. The number of hydrogen-bond donors (Lipinski definition) is 4. The van der Waals surface area contributed by atoms with Crippen molar-refractivity contribution >= 4 is 33.6 Å². The van der Waals surface area contributed by atoms with Gasteiger partial charge in [0.05, 0.1) is 26.4 Å². The van der Waals surface area contributed by atoms with E-state index in [1.54, 1.807) is 0 Å². The first-order valence-electron chi connectivity index (χ1n) is 38.8. The molecule has 0 rings (SSSR count). The van der Waals surface area contributed by atoms with Crippen molar-refractivity contribution in [3.63, 3.8) is 0 Å². The topological polar surface area (TPSA) is 231 Å². The van der Waals surface area contributed by atoms with Crippen LogP contribution in [0.3, 0.4) is 0 Å². The van der Waals surface area contributed by atoms with Crippen molar-refractivity contribution in [2.24, 2.45) is 0 Å². The van der Waals surface area contributed by atoms with Crippen LogP contribution in [0.4, 0.5) is 0 Å². The molecule has 0 saturated heterocycles. The highest BCUT2D eigenvalue weighted by Crippen LogP contribution is 2.45. The highest BCUT2D eigenvalue weighted by molar-refractivity contribution is 7.47. The van der Waals surface area contributed by atoms with Crippen molar-refractivity contribution in [2.75, 3.05) is 39.6 Å². The van der Waals surface area contributed by atoms with Crippen LogP contribution in [0.15, 0.2) is 122 Å². The van der Waals surface area contributed by atoms with E-state index < -0.39 is 91.5 Å². The molecule has 16 nitrogen and oxygen atoms in total. The van der Waals surface area contributed by atoms with E-state index in [0.717, 1.165) is 148 Å². The highest BCUT2D eigenvalue weighted by Gasteiger charge is 2.29. The van der Waals surface area contributed by atoms with Crippen molar-refractivity contribution in [3.05, 3.63) is 122 Å². The van der Waals surface area contributed by atoms with Gasteiger partial charge in [-0.2, -0.15) is 0 Å². The molecule has 0 radical (unpaired) electrons. The number of aliphatic hydroxyl groups excluding tert-OH is 2. The van der Waals surface area contributed by atoms with Crippen LogP contribution < -0.4 is 0 Å². The Balaban J connectivity index is 4.50. The Kier molecular flexibility index (Phi) is 70.7. The summed E-state index contributed by atoms with van der Waals surface area (Å²) in [4.78, 5) is 58.6. The van der Waals surface area contributed by atoms with E-state index in [0.29, 0.717) is 19.3 Å². The summed E-state index contributed by atoms with van der Waals surface area (Å²) in [5.41, 5.74) is 0. The number of rotatable bonds is 73. The fourth-order valence-electron chi connectivity index (χ4n) is 10.3. The van der Waals surface area contributed by atoms with Crippen LogP contribution in [0.25, 0.3) is 0 Å². The smallest absolute Gasteiger partial charge is 0.463 e. The Bertz CT molecular complexity index is 2290. The van der Waals surface area contributed by atoms with Gasteiger partial charge in [-0.3, -0.25) is 32.5 Å². The van der Waals surface area contributed by atoms with Gasteiger partial charge in [0.1, 0.15) is 25.4 Å². The maximum atomic E-state index is 12.9. The number of phosphoric acid groups is 2. The van der Waals surface area contributed by atoms with Crippen LogP contribution in [0.1, 0.15) is 316 Å². The number of hydrogen-bond acceptors (Lipinski definition) is 14. The maximum absolute atomic E-state index is 12.9. The van der Waals surface area contributed by atoms with Gasteiger partial charge in [0.25, 0.3) is 0 Å². The largest absolute Gasteiger partial charge is 0.472 e. The Morgan fingerprint density at radius 2 is 0.535 bits per heavy atom. The van der Waals surface area contributed by atoms with Gasteiger partial charge in [-0.25, -0.2) is 9.13 Å². The third-order valence-corrected chi connectivity index (χ3v) is 18.1. The number of carbonyl (C=O) groups is 3. The van der Waals surface area contributed by atoms with Gasteiger partial charge >= 0.3 is 33.6 Å². The molecule has 0 saturated carbocycles. The molecule has 99 heavy (non-hydrogen) atoms. The minimum atomic E-state index is -4.93. The number of allylic oxidation sites excluding steroid dienone is 20. The summed E-state index contributed by atoms with van der Waals surface area (Å²) in [6.07, 6.45) is 86.8. The molecule has 0 heterocycles. The zero-order chi connectivity index (χ0) is 72.3. The van der Waals surface area contributed by atoms with Crippen molar-refractivity contribution in [2.45, 2.75) is 334 Å². The molecule has 0 bridgehead atoms. The molecule has 18 heteroatoms. The second kappa shape index (κ2) is 73.7. The first kappa shape index (κ1) is 94.9. The summed E-state index contributed by atoms with van der Waals surface area (Å²) in [5.74, 6) is -1.59. The lowest BCUT2D eigenvalue weighted by molar-refractivity contribution is -0.161. The summed E-state index contributed by atoms with van der Waals surface area (Å²) in [7, 11) is -9.79. The van der Waals surface area contributed by atoms with E-state index in [1.807, 2.05) is 0 Å². The fourth-order valence-corrected chi connectivity index (χ4v) is 11.9. The maximum Gasteiger partial charge on any atom is 0.472 e. The molecular formula is C81H140O16P2. The van der Waals surface area contributed by atoms with Gasteiger partial charge in [0.2, 0.25) is 0 Å². The van der Waals surface area contributed by atoms with E-state index in [9.17, 15) is 43.5 Å². The molecule has 0 fully saturated rings. The van der Waals surface area contributed by atoms with Gasteiger partial charge in [-0.05, 0) is 109 Å². The summed E-state index contributed by atoms with van der Waals surface area (Å²) < 4.78 is 61.1. The van der Waals surface area contributed by atoms with E-state index in [1.165, 1.54) is 109 Å². The van der Waals surface area contributed by atoms with Gasteiger partial charge in [0.15, 0.2) is 6.10 Å². The number of unbranched alkanes of at least 4 members (excludes halogenated alkanes) is 30. The summed E-state index contributed by atoms with van der Waals surface area (Å²) in [6.45, 7) is 2.45. The second-order valence-corrected chi connectivity index (χ2v) is 28.7. The van der Waals surface area contributed by atoms with Crippen LogP contribution in [0.5, 0.6) is 0 Å². The standard InChI is InChI=1S/C81H140O16P2/c1-4-7-10-13-16-19-22-25-27-29-31-33-34-35-36-37-38-39-40-42-44-45-47-50-52-55-58-61-64-67-79(84)91-70-76(82)71-93-98(87,88)94-72-77(83)73-95-99(89,90)96-75-78(97-81(86)69-66-63-60-57-54-49-24-21-18-15-12-9-6-3)74-92-80(85)68-65-62-59-56-53-51-48-46-43-41-32-30-28-26-23-20-17-14-11-8-5-2/h7-8,10-11,16-17,19-20,25-28,31-33,35-36,41,46,48,76-78,82-83H,4-6,9,12-15,18,21-24,29-30,34,37-40,42-45,47,49-75H2,1-3H3,(H,87,88)(H,89,90)/b10-7-,11-8-,19-16-,20-17-,27-25-,28-26-,33-31-,36-35-,41-32-,48-46-. The molecule has 0 aromatic carbocycles. The lowest BCUT2D eigenvalue weighted by Crippen LogP contribution is -2.30. The molecule has 5 unspecified atom stereocenters. The van der Waals surface area contributed by atoms with Crippen LogP contribution in [-0.2, 0) is 55.8 Å². The third-order valence-electron chi connectivity index (χ3n) is 16.2. The number of ether oxygens (including phenoxy) is 3. The first-order valence-corrected chi connectivity index (χ1v) is 41.8. The van der Waals surface area contributed by atoms with E-state index in [4.69, 9.17) is 32.3 Å². The predicted octanol–water partition coefficient (Wildman–Crippen LogP) is 22.5. The highest BCUT2D eigenvalue weighted by atomic mass is 31.2. The van der Waals surface area contributed by atoms with Gasteiger partial charge in [-0.15, -0.1) is 0 Å². The molecule has 0 aliphatic heterocycles. The van der Waals surface area contributed by atoms with Crippen LogP contribution in [0.2, 0.25) is 0 Å². The average molecular weight is 1430 g/mol. The summed E-state index contributed by atoms with van der Waals surface area (Å²) >= 11 is 0. The monoisotopic (exact) mass is 1430 g/mol. The average Bonchev–Trinajstić information content (AvgIpc) is 1.36. The zero-order valence-electron chi connectivity index (χ0n) is 62.1. The summed E-state index contributed by atoms with van der Waals surface area (Å²) in [5, 5.41) is 20.6. The van der Waals surface area contributed by atoms with Crippen LogP contribution in [0, 0.1) is 0 Å². The van der Waals surface area contributed by atoms with Crippen molar-refractivity contribution < 1.29 is 75.8 Å². The Morgan fingerprint density at radius 1 is 0.293 bits per heavy atom. The number of phosphoric ester groups is 2. The Morgan fingerprint density at radius 3 is 0.848 bits per heavy atom. The van der Waals surface area contributed by atoms with E-state index >= 15 is 0 Å². The molecule has 0 aliphatic rings. The zero-order valence-corrected chi connectivity index (χ0v) is 63.9. The predicted molar refractivity (Wildman–Crippen MR) is 408 cm³/mol. The Labute approximate surface area is 602 Å². The number of carbonyl (C=O) groups excluding carboxylic acids is 3. The Hall–Kier alpha value is -4.05. The van der Waals surface area contributed by atoms with Crippen LogP contribution in [-0.4, -0.2) is 95.9 Å². The lowest BCUT2D eigenvalue weighted by Gasteiger charge is -2.21. The minimum Gasteiger partial charge on any atom is -0.463 e. The van der Waals surface area contributed by atoms with Crippen molar-refractivity contribution in [1.29, 1.82) is 0 Å². The van der Waals surface area contributed by atoms with Crippen molar-refractivity contribution in [1.82, 2.24) is 0 Å². The summed E-state index contributed by atoms with van der Waals surface area (Å²) in [6, 6.07) is 0. The van der Waals surface area contributed by atoms with Gasteiger partial charge in [-0.1, -0.05) is 309 Å². The van der Waals surface area contributed by atoms with Crippen molar-refractivity contribution in [3.8, 4) is 0 Å². The SMILES string of the molecule is CC/C=C\C/C=C\C/C=C\C/C=C\C/C=C\CCCCCCCCCCCCCCCC(=O)OCC(O)COP(=O)(O)OCC(O)COP(=O)(O)OCC(COC(=O)CCCCCCC/C=C\C/C=C\C/C=C\C/C=C\C/C=C\CC)OC(=O)CCCCCCCCCCCCCCC.